The molecule has 0 aliphatic heterocycles. The number of aromatic nitrogens is 1. The van der Waals surface area contributed by atoms with Crippen molar-refractivity contribution in [3.05, 3.63) is 35.5 Å². The summed E-state index contributed by atoms with van der Waals surface area (Å²) in [4.78, 5) is 28.4. The molecule has 1 aliphatic rings. The normalized spacial score (nSPS) is 14.6. The number of rotatable bonds is 9. The first-order valence-electron chi connectivity index (χ1n) is 9.56. The second-order valence-electron chi connectivity index (χ2n) is 6.83. The van der Waals surface area contributed by atoms with Crippen LogP contribution in [0.4, 0.5) is 5.69 Å². The van der Waals surface area contributed by atoms with Crippen molar-refractivity contribution in [2.75, 3.05) is 17.8 Å². The second-order valence-corrected chi connectivity index (χ2v) is 7.20. The molecular weight excluding hydrogens is 364 g/mol. The molecular formula is C21H25ClN2O3. The second kappa shape index (κ2) is 9.81. The average molecular weight is 389 g/mol. The molecule has 0 radical (unpaired) electrons. The number of para-hydroxylation sites is 1. The van der Waals surface area contributed by atoms with Gasteiger partial charge in [0.25, 0.3) is 5.91 Å². The minimum absolute atomic E-state index is 0.0281. The molecule has 1 amide bonds. The number of fused-ring (bicyclic) bond motifs is 2. The lowest BCUT2D eigenvalue weighted by molar-refractivity contribution is -0.130. The van der Waals surface area contributed by atoms with Gasteiger partial charge in [-0.15, -0.1) is 11.6 Å². The molecule has 1 atom stereocenters. The van der Waals surface area contributed by atoms with Gasteiger partial charge in [0.05, 0.1) is 11.2 Å². The van der Waals surface area contributed by atoms with Crippen molar-refractivity contribution in [2.24, 2.45) is 0 Å². The smallest absolute Gasteiger partial charge is 0.254 e. The molecule has 2 aromatic rings. The predicted molar refractivity (Wildman–Crippen MR) is 107 cm³/mol. The Hall–Kier alpha value is -1.98. The van der Waals surface area contributed by atoms with Crippen LogP contribution in [0.3, 0.4) is 0 Å². The van der Waals surface area contributed by atoms with Crippen molar-refractivity contribution < 1.29 is 14.3 Å². The quantitative estimate of drug-likeness (QED) is 0.400. The molecule has 1 aliphatic carbocycles. The van der Waals surface area contributed by atoms with Gasteiger partial charge in [-0.1, -0.05) is 12.1 Å². The summed E-state index contributed by atoms with van der Waals surface area (Å²) in [6, 6.07) is 7.94. The van der Waals surface area contributed by atoms with Crippen LogP contribution in [-0.2, 0) is 27.2 Å². The lowest BCUT2D eigenvalue weighted by Gasteiger charge is -2.18. The van der Waals surface area contributed by atoms with E-state index in [-0.39, 0.29) is 12.3 Å². The Kier molecular flexibility index (Phi) is 7.18. The maximum absolute atomic E-state index is 12.6. The minimum atomic E-state index is -0.800. The number of aldehydes is 1. The summed E-state index contributed by atoms with van der Waals surface area (Å²) in [5, 5.41) is 3.92. The van der Waals surface area contributed by atoms with Crippen LogP contribution < -0.4 is 5.32 Å². The lowest BCUT2D eigenvalue weighted by atomic mass is 9.94. The number of carbonyl (C=O) groups is 2. The summed E-state index contributed by atoms with van der Waals surface area (Å²) >= 11 is 5.66. The molecule has 0 fully saturated rings. The van der Waals surface area contributed by atoms with Crippen LogP contribution in [0.2, 0.25) is 0 Å². The van der Waals surface area contributed by atoms with Gasteiger partial charge in [-0.3, -0.25) is 9.78 Å². The van der Waals surface area contributed by atoms with Crippen LogP contribution >= 0.6 is 11.6 Å². The molecule has 3 rings (SSSR count). The Morgan fingerprint density at radius 1 is 1.30 bits per heavy atom. The van der Waals surface area contributed by atoms with Gasteiger partial charge in [0.1, 0.15) is 12.4 Å². The summed E-state index contributed by atoms with van der Waals surface area (Å²) in [5.41, 5.74) is 3.88. The fourth-order valence-electron chi connectivity index (χ4n) is 3.40. The van der Waals surface area contributed by atoms with Crippen molar-refractivity contribution >= 4 is 40.4 Å². The topological polar surface area (TPSA) is 68.3 Å². The summed E-state index contributed by atoms with van der Waals surface area (Å²) in [7, 11) is 0. The van der Waals surface area contributed by atoms with Crippen molar-refractivity contribution in [2.45, 2.75) is 51.0 Å². The van der Waals surface area contributed by atoms with Crippen molar-refractivity contribution in [3.63, 3.8) is 0 Å². The Morgan fingerprint density at radius 3 is 2.96 bits per heavy atom. The number of halogens is 1. The third-order valence-corrected chi connectivity index (χ3v) is 5.10. The molecule has 1 aromatic heterocycles. The highest BCUT2D eigenvalue weighted by Crippen LogP contribution is 2.28. The van der Waals surface area contributed by atoms with E-state index in [0.29, 0.717) is 24.5 Å². The number of carbonyl (C=O) groups excluding carboxylic acids is 2. The van der Waals surface area contributed by atoms with Gasteiger partial charge in [0.2, 0.25) is 0 Å². The molecule has 5 nitrogen and oxygen atoms in total. The number of amides is 1. The lowest BCUT2D eigenvalue weighted by Crippen LogP contribution is -2.31. The number of ether oxygens (including phenoxy) is 1. The Morgan fingerprint density at radius 2 is 2.15 bits per heavy atom. The van der Waals surface area contributed by atoms with Crippen molar-refractivity contribution in [1.82, 2.24) is 4.98 Å². The largest absolute Gasteiger partial charge is 0.368 e. The number of nitrogens with zero attached hydrogens (tertiary/aromatic N) is 1. The number of anilines is 1. The molecule has 144 valence electrons. The number of alkyl halides is 1. The first-order valence-corrected chi connectivity index (χ1v) is 10.1. The SMILES string of the molecule is O=CCC(OCCCCCl)C(=O)Nc1cccc2cc3c(nc12)CCCC3. The zero-order valence-electron chi connectivity index (χ0n) is 15.4. The van der Waals surface area contributed by atoms with E-state index in [1.165, 1.54) is 12.0 Å². The predicted octanol–water partition coefficient (Wildman–Crippen LogP) is 4.05. The van der Waals surface area contributed by atoms with Gasteiger partial charge in [0, 0.05) is 30.0 Å². The maximum Gasteiger partial charge on any atom is 0.254 e. The number of hydrogen-bond donors (Lipinski definition) is 1. The third-order valence-electron chi connectivity index (χ3n) is 4.83. The summed E-state index contributed by atoms with van der Waals surface area (Å²) in [6.07, 6.45) is 5.90. The highest BCUT2D eigenvalue weighted by Gasteiger charge is 2.20. The van der Waals surface area contributed by atoms with E-state index in [1.54, 1.807) is 0 Å². The maximum atomic E-state index is 12.6. The van der Waals surface area contributed by atoms with Crippen LogP contribution in [0.15, 0.2) is 24.3 Å². The molecule has 0 bridgehead atoms. The van der Waals surface area contributed by atoms with Gasteiger partial charge in [-0.2, -0.15) is 0 Å². The van der Waals surface area contributed by atoms with Gasteiger partial charge < -0.3 is 14.8 Å². The fourth-order valence-corrected chi connectivity index (χ4v) is 3.58. The Labute approximate surface area is 164 Å². The van der Waals surface area contributed by atoms with E-state index in [4.69, 9.17) is 21.3 Å². The van der Waals surface area contributed by atoms with E-state index in [1.807, 2.05) is 18.2 Å². The fraction of sp³-hybridized carbons (Fsp3) is 0.476. The molecule has 1 N–H and O–H groups in total. The van der Waals surface area contributed by atoms with E-state index in [0.717, 1.165) is 48.7 Å². The van der Waals surface area contributed by atoms with E-state index in [9.17, 15) is 9.59 Å². The van der Waals surface area contributed by atoms with Crippen molar-refractivity contribution in [1.29, 1.82) is 0 Å². The summed E-state index contributed by atoms with van der Waals surface area (Å²) in [6.45, 7) is 0.403. The number of benzene rings is 1. The number of pyridine rings is 1. The Balaban J connectivity index is 1.77. The molecule has 0 saturated heterocycles. The standard InChI is InChI=1S/C21H25ClN2O3/c22-11-3-4-13-27-19(10-12-25)21(26)24-18-9-5-7-16-14-15-6-1-2-8-17(15)23-20(16)18/h5,7,9,12,14,19H,1-4,6,8,10-11,13H2,(H,24,26). The number of hydrogen-bond acceptors (Lipinski definition) is 4. The number of nitrogens with one attached hydrogen (secondary N) is 1. The summed E-state index contributed by atoms with van der Waals surface area (Å²) < 4.78 is 5.60. The average Bonchev–Trinajstić information content (AvgIpc) is 2.69. The monoisotopic (exact) mass is 388 g/mol. The Bertz CT molecular complexity index is 809. The number of aryl methyl sites for hydroxylation is 2. The van der Waals surface area contributed by atoms with Crippen LogP contribution in [0.25, 0.3) is 10.9 Å². The van der Waals surface area contributed by atoms with Gasteiger partial charge in [0.15, 0.2) is 0 Å². The van der Waals surface area contributed by atoms with Crippen molar-refractivity contribution in [3.8, 4) is 0 Å². The highest BCUT2D eigenvalue weighted by molar-refractivity contribution is 6.17. The molecule has 0 spiro atoms. The van der Waals surface area contributed by atoms with E-state index >= 15 is 0 Å². The van der Waals surface area contributed by atoms with E-state index < -0.39 is 6.10 Å². The van der Waals surface area contributed by atoms with E-state index in [2.05, 4.69) is 11.4 Å². The van der Waals surface area contributed by atoms with Gasteiger partial charge in [-0.25, -0.2) is 0 Å². The van der Waals surface area contributed by atoms with Gasteiger partial charge >= 0.3 is 0 Å². The zero-order valence-corrected chi connectivity index (χ0v) is 16.1. The molecule has 1 aromatic carbocycles. The highest BCUT2D eigenvalue weighted by atomic mass is 35.5. The van der Waals surface area contributed by atoms with Crippen LogP contribution in [0.1, 0.15) is 43.4 Å². The minimum Gasteiger partial charge on any atom is -0.368 e. The first kappa shape index (κ1) is 19.8. The molecule has 6 heteroatoms. The van der Waals surface area contributed by atoms with Gasteiger partial charge in [-0.05, 0) is 56.2 Å². The third kappa shape index (κ3) is 5.05. The molecule has 0 saturated carbocycles. The molecule has 1 unspecified atom stereocenters. The zero-order chi connectivity index (χ0) is 19.1. The van der Waals surface area contributed by atoms with Crippen LogP contribution in [0, 0.1) is 0 Å². The first-order chi connectivity index (χ1) is 13.2. The summed E-state index contributed by atoms with van der Waals surface area (Å²) in [5.74, 6) is 0.236. The van der Waals surface area contributed by atoms with Crippen LogP contribution in [0.5, 0.6) is 0 Å². The number of unbranched alkanes of at least 4 members (excludes halogenated alkanes) is 1. The molecule has 1 heterocycles. The van der Waals surface area contributed by atoms with Crippen LogP contribution in [-0.4, -0.2) is 35.8 Å². The molecule has 27 heavy (non-hydrogen) atoms.